The molecule has 0 radical (unpaired) electrons. The zero-order chi connectivity index (χ0) is 22.5. The molecule has 31 heavy (non-hydrogen) atoms. The number of thioether (sulfide) groups is 2. The summed E-state index contributed by atoms with van der Waals surface area (Å²) in [5.41, 5.74) is 2.11. The Morgan fingerprint density at radius 1 is 1.03 bits per heavy atom. The minimum Gasteiger partial charge on any atom is -0.481 e. The number of nitrogens with zero attached hydrogens (tertiary/aromatic N) is 2. The Balaban J connectivity index is 1.72. The number of carboxylic acid groups (broad SMARTS) is 2. The van der Waals surface area contributed by atoms with E-state index in [1.165, 1.54) is 4.90 Å². The average molecular weight is 477 g/mol. The van der Waals surface area contributed by atoms with Crippen molar-refractivity contribution in [3.05, 3.63) is 58.0 Å². The van der Waals surface area contributed by atoms with Crippen molar-refractivity contribution in [2.24, 2.45) is 0 Å². The maximum absolute atomic E-state index is 12.4. The largest absolute Gasteiger partial charge is 0.481 e. The van der Waals surface area contributed by atoms with Gasteiger partial charge in [-0.15, -0.1) is 0 Å². The first-order valence-electron chi connectivity index (χ1n) is 9.38. The smallest absolute Gasteiger partial charge is 0.305 e. The van der Waals surface area contributed by atoms with Crippen LogP contribution in [0.4, 0.5) is 5.69 Å². The fraction of sp³-hybridized carbons (Fsp3) is 0.238. The number of carbonyl (C=O) groups is 3. The minimum atomic E-state index is -0.984. The summed E-state index contributed by atoms with van der Waals surface area (Å²) >= 11 is 7.88. The van der Waals surface area contributed by atoms with Crippen LogP contribution < -0.4 is 4.90 Å². The molecule has 0 saturated carbocycles. The Morgan fingerprint density at radius 3 is 2.35 bits per heavy atom. The van der Waals surface area contributed by atoms with Crippen LogP contribution >= 0.6 is 35.7 Å². The molecule has 1 amide bonds. The lowest BCUT2D eigenvalue weighted by Crippen LogP contribution is -2.30. The van der Waals surface area contributed by atoms with Crippen LogP contribution in [-0.4, -0.2) is 50.4 Å². The third kappa shape index (κ3) is 5.78. The lowest BCUT2D eigenvalue weighted by Gasteiger charge is -2.19. The van der Waals surface area contributed by atoms with Crippen LogP contribution in [0.25, 0.3) is 0 Å². The van der Waals surface area contributed by atoms with E-state index >= 15 is 0 Å². The van der Waals surface area contributed by atoms with Gasteiger partial charge in [0.05, 0.1) is 28.5 Å². The number of amides is 1. The summed E-state index contributed by atoms with van der Waals surface area (Å²) < 4.78 is 0.348. The van der Waals surface area contributed by atoms with E-state index in [1.807, 2.05) is 30.0 Å². The molecule has 2 heterocycles. The molecule has 7 nitrogen and oxygen atoms in total. The van der Waals surface area contributed by atoms with Gasteiger partial charge in [0.2, 0.25) is 0 Å². The predicted molar refractivity (Wildman–Crippen MR) is 126 cm³/mol. The van der Waals surface area contributed by atoms with Crippen LogP contribution in [0.3, 0.4) is 0 Å². The van der Waals surface area contributed by atoms with Crippen molar-refractivity contribution in [2.45, 2.75) is 24.7 Å². The summed E-state index contributed by atoms with van der Waals surface area (Å²) in [5, 5.41) is 18.8. The third-order valence-corrected chi connectivity index (χ3v) is 6.96. The maximum Gasteiger partial charge on any atom is 0.305 e. The van der Waals surface area contributed by atoms with E-state index in [1.54, 1.807) is 30.0 Å². The third-order valence-electron chi connectivity index (χ3n) is 4.46. The fourth-order valence-corrected chi connectivity index (χ4v) is 5.43. The molecule has 2 aliphatic rings. The molecule has 0 bridgehead atoms. The lowest BCUT2D eigenvalue weighted by molar-refractivity contribution is -0.138. The van der Waals surface area contributed by atoms with Gasteiger partial charge in [-0.3, -0.25) is 19.3 Å². The summed E-state index contributed by atoms with van der Waals surface area (Å²) in [7, 11) is 0. The molecule has 1 aromatic carbocycles. The number of carbonyl (C=O) groups excluding carboxylic acids is 1. The Kier molecular flexibility index (Phi) is 7.58. The summed E-state index contributed by atoms with van der Waals surface area (Å²) in [5.74, 6) is -2.14. The van der Waals surface area contributed by atoms with Gasteiger partial charge in [-0.05, 0) is 36.8 Å². The van der Waals surface area contributed by atoms with Crippen LogP contribution in [0.1, 0.15) is 18.4 Å². The fourth-order valence-electron chi connectivity index (χ4n) is 2.97. The second-order valence-corrected chi connectivity index (χ2v) is 9.50. The standard InChI is InChI=1S/C21H20N2O5S3/c1-13-6-7-14-16(12-13)30-17(22(14)10-8-18(24)25)5-3-2-4-15-20(28)23(21(29)31-15)11-9-19(26)27/h2-7,12H,8-11H2,1H3,(H,24,25)(H,26,27)/b3-2+,15-4+,17-5-. The van der Waals surface area contributed by atoms with E-state index in [0.717, 1.165) is 32.9 Å². The van der Waals surface area contributed by atoms with Gasteiger partial charge in [-0.2, -0.15) is 0 Å². The van der Waals surface area contributed by atoms with Crippen LogP contribution in [-0.2, 0) is 14.4 Å². The molecule has 0 atom stereocenters. The minimum absolute atomic E-state index is 0.0216. The number of benzene rings is 1. The Labute approximate surface area is 193 Å². The first-order chi connectivity index (χ1) is 14.8. The number of carboxylic acids is 2. The number of hydrogen-bond acceptors (Lipinski definition) is 7. The molecule has 2 N–H and O–H groups in total. The molecule has 0 aliphatic carbocycles. The second-order valence-electron chi connectivity index (χ2n) is 6.76. The van der Waals surface area contributed by atoms with Gasteiger partial charge in [0.25, 0.3) is 5.91 Å². The SMILES string of the molecule is Cc1ccc2c(c1)S\C(=C/C=C/C=C1/SC(=S)N(CCC(=O)O)C1=O)N2CCC(=O)O. The van der Waals surface area contributed by atoms with Gasteiger partial charge in [-0.1, -0.05) is 54.0 Å². The van der Waals surface area contributed by atoms with Gasteiger partial charge in [-0.25, -0.2) is 0 Å². The van der Waals surface area contributed by atoms with E-state index in [4.69, 9.17) is 22.4 Å². The molecule has 2 aliphatic heterocycles. The van der Waals surface area contributed by atoms with Crippen LogP contribution in [0.15, 0.2) is 57.3 Å². The molecular formula is C21H20N2O5S3. The summed E-state index contributed by atoms with van der Waals surface area (Å²) in [6.07, 6.45) is 6.90. The molecule has 10 heteroatoms. The Bertz CT molecular complexity index is 1030. The van der Waals surface area contributed by atoms with Crippen LogP contribution in [0.2, 0.25) is 0 Å². The van der Waals surface area contributed by atoms with Crippen LogP contribution in [0.5, 0.6) is 0 Å². The zero-order valence-electron chi connectivity index (χ0n) is 16.6. The average Bonchev–Trinajstić information content (AvgIpc) is 3.17. The lowest BCUT2D eigenvalue weighted by atomic mass is 10.2. The summed E-state index contributed by atoms with van der Waals surface area (Å²) in [6.45, 7) is 2.43. The van der Waals surface area contributed by atoms with E-state index < -0.39 is 11.9 Å². The van der Waals surface area contributed by atoms with Gasteiger partial charge in [0.15, 0.2) is 0 Å². The van der Waals surface area contributed by atoms with Gasteiger partial charge in [0, 0.05) is 18.0 Å². The zero-order valence-corrected chi connectivity index (χ0v) is 19.1. The summed E-state index contributed by atoms with van der Waals surface area (Å²) in [6, 6.07) is 6.06. The summed E-state index contributed by atoms with van der Waals surface area (Å²) in [4.78, 5) is 39.0. The van der Waals surface area contributed by atoms with E-state index in [9.17, 15) is 14.4 Å². The molecule has 0 unspecified atom stereocenters. The first-order valence-corrected chi connectivity index (χ1v) is 11.4. The highest BCUT2D eigenvalue weighted by Crippen LogP contribution is 2.46. The number of aryl methyl sites for hydroxylation is 1. The van der Waals surface area contributed by atoms with Gasteiger partial charge >= 0.3 is 11.9 Å². The monoisotopic (exact) mass is 476 g/mol. The normalized spacial score (nSPS) is 18.6. The molecule has 1 aromatic rings. The topological polar surface area (TPSA) is 98.2 Å². The second kappa shape index (κ2) is 10.2. The molecular weight excluding hydrogens is 456 g/mol. The highest BCUT2D eigenvalue weighted by Gasteiger charge is 2.31. The van der Waals surface area contributed by atoms with Crippen molar-refractivity contribution in [3.8, 4) is 0 Å². The van der Waals surface area contributed by atoms with Crippen LogP contribution in [0, 0.1) is 6.92 Å². The van der Waals surface area contributed by atoms with Crippen molar-refractivity contribution in [1.82, 2.24) is 4.90 Å². The quantitative estimate of drug-likeness (QED) is 0.426. The Hall–Kier alpha value is -2.56. The van der Waals surface area contributed by atoms with Crippen molar-refractivity contribution in [3.63, 3.8) is 0 Å². The Morgan fingerprint density at radius 2 is 1.68 bits per heavy atom. The van der Waals surface area contributed by atoms with E-state index in [2.05, 4.69) is 6.07 Å². The molecule has 162 valence electrons. The van der Waals surface area contributed by atoms with Crippen molar-refractivity contribution >= 4 is 63.6 Å². The molecule has 0 spiro atoms. The number of thiocarbonyl (C=S) groups is 1. The first kappa shape index (κ1) is 23.1. The number of aliphatic carboxylic acids is 2. The number of rotatable bonds is 8. The molecule has 0 aromatic heterocycles. The molecule has 1 saturated heterocycles. The number of hydrogen-bond donors (Lipinski definition) is 2. The van der Waals surface area contributed by atoms with Crippen molar-refractivity contribution < 1.29 is 24.6 Å². The highest BCUT2D eigenvalue weighted by atomic mass is 32.2. The van der Waals surface area contributed by atoms with E-state index in [0.29, 0.717) is 15.8 Å². The van der Waals surface area contributed by atoms with Gasteiger partial charge in [0.1, 0.15) is 4.32 Å². The maximum atomic E-state index is 12.4. The number of fused-ring (bicyclic) bond motifs is 1. The van der Waals surface area contributed by atoms with Crippen molar-refractivity contribution in [1.29, 1.82) is 0 Å². The van der Waals surface area contributed by atoms with Crippen molar-refractivity contribution in [2.75, 3.05) is 18.0 Å². The molecule has 1 fully saturated rings. The predicted octanol–water partition coefficient (Wildman–Crippen LogP) is 4.00. The number of allylic oxidation sites excluding steroid dienone is 4. The highest BCUT2D eigenvalue weighted by molar-refractivity contribution is 8.26. The van der Waals surface area contributed by atoms with E-state index in [-0.39, 0.29) is 25.3 Å². The molecule has 3 rings (SSSR count). The van der Waals surface area contributed by atoms with Gasteiger partial charge < -0.3 is 15.1 Å². The number of anilines is 1.